The standard InChI is InChI=1S/C49H34/c1-49(2)45-30-37(25-26-39(45)44-27-24-32-13-5-6-17-38(32)48(44)49)47-42-20-9-7-18-40(42)46(41-19-8-10-21-43(41)47)36-16-11-15-34(29-36)35-23-22-31-12-3-4-14-33(31)28-35/h3-30H,1-2H3. The smallest absolute Gasteiger partial charge is 0.0165 e. The van der Waals surface area contributed by atoms with Gasteiger partial charge in [0.1, 0.15) is 0 Å². The van der Waals surface area contributed by atoms with Crippen LogP contribution in [0.4, 0.5) is 0 Å². The second kappa shape index (κ2) is 10.5. The molecule has 0 radical (unpaired) electrons. The van der Waals surface area contributed by atoms with Crippen LogP contribution in [0.3, 0.4) is 0 Å². The van der Waals surface area contributed by atoms with Crippen LogP contribution >= 0.6 is 0 Å². The van der Waals surface area contributed by atoms with Gasteiger partial charge in [0.05, 0.1) is 0 Å². The number of rotatable bonds is 3. The van der Waals surface area contributed by atoms with Crippen LogP contribution in [-0.4, -0.2) is 0 Å². The fourth-order valence-electron chi connectivity index (χ4n) is 8.73. The zero-order valence-corrected chi connectivity index (χ0v) is 27.7. The lowest BCUT2D eigenvalue weighted by Crippen LogP contribution is -2.15. The van der Waals surface area contributed by atoms with Crippen molar-refractivity contribution in [3.05, 3.63) is 181 Å². The van der Waals surface area contributed by atoms with Crippen molar-refractivity contribution in [2.75, 3.05) is 0 Å². The van der Waals surface area contributed by atoms with Crippen molar-refractivity contribution in [3.63, 3.8) is 0 Å². The van der Waals surface area contributed by atoms with Crippen molar-refractivity contribution in [2.45, 2.75) is 19.3 Å². The zero-order chi connectivity index (χ0) is 32.7. The van der Waals surface area contributed by atoms with Gasteiger partial charge in [0, 0.05) is 5.41 Å². The molecule has 10 rings (SSSR count). The maximum Gasteiger partial charge on any atom is 0.0165 e. The van der Waals surface area contributed by atoms with E-state index in [0.717, 1.165) is 0 Å². The molecule has 49 heavy (non-hydrogen) atoms. The van der Waals surface area contributed by atoms with Gasteiger partial charge in [-0.1, -0.05) is 166 Å². The van der Waals surface area contributed by atoms with E-state index in [1.807, 2.05) is 0 Å². The molecule has 9 aromatic carbocycles. The molecule has 0 aromatic heterocycles. The summed E-state index contributed by atoms with van der Waals surface area (Å²) in [5, 5.41) is 10.3. The monoisotopic (exact) mass is 622 g/mol. The summed E-state index contributed by atoms with van der Waals surface area (Å²) >= 11 is 0. The minimum absolute atomic E-state index is 0.115. The molecule has 1 aliphatic rings. The molecule has 0 aliphatic heterocycles. The highest BCUT2D eigenvalue weighted by Crippen LogP contribution is 2.53. The second-order valence-corrected chi connectivity index (χ2v) is 14.1. The third-order valence-electron chi connectivity index (χ3n) is 11.0. The highest BCUT2D eigenvalue weighted by atomic mass is 14.4. The first-order chi connectivity index (χ1) is 24.1. The van der Waals surface area contributed by atoms with Crippen LogP contribution in [0.15, 0.2) is 170 Å². The Kier molecular flexibility index (Phi) is 6.02. The molecule has 0 saturated carbocycles. The van der Waals surface area contributed by atoms with Gasteiger partial charge in [0.25, 0.3) is 0 Å². The Labute approximate surface area is 286 Å². The molecular weight excluding hydrogens is 589 g/mol. The van der Waals surface area contributed by atoms with E-state index in [2.05, 4.69) is 184 Å². The van der Waals surface area contributed by atoms with E-state index in [-0.39, 0.29) is 5.41 Å². The fraction of sp³-hybridized carbons (Fsp3) is 0.0612. The second-order valence-electron chi connectivity index (χ2n) is 14.1. The molecule has 0 nitrogen and oxygen atoms in total. The number of fused-ring (bicyclic) bond motifs is 8. The van der Waals surface area contributed by atoms with E-state index in [1.165, 1.54) is 98.7 Å². The molecule has 0 saturated heterocycles. The first kappa shape index (κ1) is 28.1. The van der Waals surface area contributed by atoms with Crippen molar-refractivity contribution >= 4 is 43.1 Å². The van der Waals surface area contributed by atoms with Gasteiger partial charge in [-0.05, 0) is 117 Å². The first-order valence-corrected chi connectivity index (χ1v) is 17.3. The zero-order valence-electron chi connectivity index (χ0n) is 27.7. The molecule has 0 amide bonds. The summed E-state index contributed by atoms with van der Waals surface area (Å²) in [6, 6.07) is 63.1. The Morgan fingerprint density at radius 1 is 0.327 bits per heavy atom. The van der Waals surface area contributed by atoms with Crippen LogP contribution in [0.1, 0.15) is 25.0 Å². The molecule has 0 spiro atoms. The quantitative estimate of drug-likeness (QED) is 0.172. The Morgan fingerprint density at radius 2 is 0.816 bits per heavy atom. The minimum atomic E-state index is -0.115. The maximum atomic E-state index is 2.48. The number of hydrogen-bond acceptors (Lipinski definition) is 0. The van der Waals surface area contributed by atoms with Gasteiger partial charge < -0.3 is 0 Å². The van der Waals surface area contributed by atoms with Crippen LogP contribution in [0.5, 0.6) is 0 Å². The third kappa shape index (κ3) is 4.17. The Morgan fingerprint density at radius 3 is 1.51 bits per heavy atom. The van der Waals surface area contributed by atoms with Crippen molar-refractivity contribution in [3.8, 4) is 44.5 Å². The van der Waals surface area contributed by atoms with Crippen molar-refractivity contribution in [2.24, 2.45) is 0 Å². The molecule has 9 aromatic rings. The lowest BCUT2D eigenvalue weighted by molar-refractivity contribution is 0.666. The molecule has 0 bridgehead atoms. The van der Waals surface area contributed by atoms with E-state index < -0.39 is 0 Å². The van der Waals surface area contributed by atoms with Gasteiger partial charge >= 0.3 is 0 Å². The normalized spacial score (nSPS) is 13.3. The van der Waals surface area contributed by atoms with Crippen LogP contribution in [0.25, 0.3) is 87.6 Å². The largest absolute Gasteiger partial charge is 0.0616 e. The van der Waals surface area contributed by atoms with E-state index in [9.17, 15) is 0 Å². The highest BCUT2D eigenvalue weighted by molar-refractivity contribution is 6.21. The van der Waals surface area contributed by atoms with E-state index in [0.29, 0.717) is 0 Å². The van der Waals surface area contributed by atoms with Gasteiger partial charge in [-0.2, -0.15) is 0 Å². The first-order valence-electron chi connectivity index (χ1n) is 17.3. The SMILES string of the molecule is CC1(C)c2cc(-c3c4ccccc4c(-c4cccc(-c5ccc6ccccc6c5)c4)c4ccccc34)ccc2-c2ccc3ccccc3c21. The summed E-state index contributed by atoms with van der Waals surface area (Å²) < 4.78 is 0. The van der Waals surface area contributed by atoms with Gasteiger partial charge in [-0.3, -0.25) is 0 Å². The summed E-state index contributed by atoms with van der Waals surface area (Å²) in [6.07, 6.45) is 0. The maximum absolute atomic E-state index is 2.48. The average Bonchev–Trinajstić information content (AvgIpc) is 3.39. The van der Waals surface area contributed by atoms with Gasteiger partial charge in [-0.15, -0.1) is 0 Å². The topological polar surface area (TPSA) is 0 Å². The molecule has 0 fully saturated rings. The molecule has 0 heterocycles. The Hall–Kier alpha value is -5.98. The van der Waals surface area contributed by atoms with Crippen LogP contribution < -0.4 is 0 Å². The summed E-state index contributed by atoms with van der Waals surface area (Å²) in [6.45, 7) is 4.80. The molecule has 0 heteroatoms. The van der Waals surface area contributed by atoms with Crippen LogP contribution in [0.2, 0.25) is 0 Å². The number of hydrogen-bond donors (Lipinski definition) is 0. The van der Waals surface area contributed by atoms with Crippen LogP contribution in [-0.2, 0) is 5.41 Å². The summed E-state index contributed by atoms with van der Waals surface area (Å²) in [7, 11) is 0. The predicted molar refractivity (Wildman–Crippen MR) is 210 cm³/mol. The molecular formula is C49H34. The van der Waals surface area contributed by atoms with Crippen molar-refractivity contribution in [1.82, 2.24) is 0 Å². The van der Waals surface area contributed by atoms with Gasteiger partial charge in [-0.25, -0.2) is 0 Å². The van der Waals surface area contributed by atoms with Gasteiger partial charge in [0.15, 0.2) is 0 Å². The predicted octanol–water partition coefficient (Wildman–Crippen LogP) is 13.6. The van der Waals surface area contributed by atoms with Crippen molar-refractivity contribution < 1.29 is 0 Å². The fourth-order valence-corrected chi connectivity index (χ4v) is 8.73. The average molecular weight is 623 g/mol. The van der Waals surface area contributed by atoms with E-state index in [4.69, 9.17) is 0 Å². The van der Waals surface area contributed by atoms with E-state index in [1.54, 1.807) is 0 Å². The third-order valence-corrected chi connectivity index (χ3v) is 11.0. The minimum Gasteiger partial charge on any atom is -0.0616 e. The lowest BCUT2D eigenvalue weighted by Gasteiger charge is -2.24. The van der Waals surface area contributed by atoms with Crippen molar-refractivity contribution in [1.29, 1.82) is 0 Å². The molecule has 0 atom stereocenters. The summed E-state index contributed by atoms with van der Waals surface area (Å²) in [5.41, 5.74) is 13.0. The van der Waals surface area contributed by atoms with Gasteiger partial charge in [0.2, 0.25) is 0 Å². The van der Waals surface area contributed by atoms with E-state index >= 15 is 0 Å². The Balaban J connectivity index is 1.18. The summed E-state index contributed by atoms with van der Waals surface area (Å²) in [5.74, 6) is 0. The molecule has 1 aliphatic carbocycles. The summed E-state index contributed by atoms with van der Waals surface area (Å²) in [4.78, 5) is 0. The molecule has 0 N–H and O–H groups in total. The lowest BCUT2D eigenvalue weighted by atomic mass is 9.79. The molecule has 230 valence electrons. The van der Waals surface area contributed by atoms with Crippen LogP contribution in [0, 0.1) is 0 Å². The Bertz CT molecular complexity index is 2740. The highest BCUT2D eigenvalue weighted by Gasteiger charge is 2.37. The molecule has 0 unspecified atom stereocenters. The number of benzene rings is 9.